The highest BCUT2D eigenvalue weighted by molar-refractivity contribution is 4.87. The fraction of sp³-hybridized carbons (Fsp3) is 1.00. The van der Waals surface area contributed by atoms with E-state index in [-0.39, 0.29) is 0 Å². The van der Waals surface area contributed by atoms with E-state index in [2.05, 4.69) is 19.2 Å². The van der Waals surface area contributed by atoms with Gasteiger partial charge in [0.2, 0.25) is 0 Å². The van der Waals surface area contributed by atoms with Crippen molar-refractivity contribution in [3.8, 4) is 0 Å². The largest absolute Gasteiger partial charge is 0.314 e. The Morgan fingerprint density at radius 3 is 2.53 bits per heavy atom. The first-order chi connectivity index (χ1) is 8.33. The third-order valence-electron chi connectivity index (χ3n) is 5.22. The minimum Gasteiger partial charge on any atom is -0.314 e. The molecule has 4 unspecified atom stereocenters. The molecule has 2 rings (SSSR count). The monoisotopic (exact) mass is 237 g/mol. The van der Waals surface area contributed by atoms with Crippen LogP contribution >= 0.6 is 0 Å². The fourth-order valence-electron chi connectivity index (χ4n) is 4.11. The van der Waals surface area contributed by atoms with Crippen molar-refractivity contribution < 1.29 is 0 Å². The van der Waals surface area contributed by atoms with Crippen LogP contribution in [0.15, 0.2) is 0 Å². The van der Waals surface area contributed by atoms with Crippen molar-refractivity contribution in [1.82, 2.24) is 5.32 Å². The highest BCUT2D eigenvalue weighted by atomic mass is 14.9. The average molecular weight is 237 g/mol. The Bertz CT molecular complexity index is 214. The number of hydrogen-bond acceptors (Lipinski definition) is 1. The Kier molecular flexibility index (Phi) is 5.34. The van der Waals surface area contributed by atoms with E-state index in [4.69, 9.17) is 0 Å². The molecule has 0 bridgehead atoms. The van der Waals surface area contributed by atoms with E-state index in [1.807, 2.05) is 0 Å². The first kappa shape index (κ1) is 13.4. The molecule has 2 fully saturated rings. The second-order valence-corrected chi connectivity index (χ2v) is 6.43. The van der Waals surface area contributed by atoms with E-state index < -0.39 is 0 Å². The van der Waals surface area contributed by atoms with Crippen LogP contribution in [0.1, 0.15) is 71.6 Å². The summed E-state index contributed by atoms with van der Waals surface area (Å²) in [5.41, 5.74) is 0. The summed E-state index contributed by atoms with van der Waals surface area (Å²) in [4.78, 5) is 0. The fourth-order valence-corrected chi connectivity index (χ4v) is 4.11. The third kappa shape index (κ3) is 3.71. The van der Waals surface area contributed by atoms with Gasteiger partial charge in [-0.15, -0.1) is 0 Å². The maximum atomic E-state index is 3.73. The standard InChI is InChI=1S/C16H31N/c1-3-10-17-16-9-8-15(12-16)14-7-5-6-13(4-2)11-14/h13-17H,3-12H2,1-2H3. The molecule has 1 N–H and O–H groups in total. The molecule has 0 aromatic carbocycles. The Hall–Kier alpha value is -0.0400. The van der Waals surface area contributed by atoms with E-state index >= 15 is 0 Å². The normalized spacial score (nSPS) is 38.5. The molecule has 0 radical (unpaired) electrons. The third-order valence-corrected chi connectivity index (χ3v) is 5.22. The zero-order valence-electron chi connectivity index (χ0n) is 11.9. The van der Waals surface area contributed by atoms with Crippen LogP contribution < -0.4 is 5.32 Å². The van der Waals surface area contributed by atoms with Gasteiger partial charge in [-0.1, -0.05) is 39.5 Å². The Balaban J connectivity index is 1.75. The van der Waals surface area contributed by atoms with Crippen LogP contribution in [0.25, 0.3) is 0 Å². The van der Waals surface area contributed by atoms with Gasteiger partial charge in [-0.05, 0) is 56.4 Å². The lowest BCUT2D eigenvalue weighted by Gasteiger charge is -2.32. The van der Waals surface area contributed by atoms with Gasteiger partial charge in [0.25, 0.3) is 0 Å². The summed E-state index contributed by atoms with van der Waals surface area (Å²) in [5.74, 6) is 3.18. The molecule has 1 heteroatoms. The van der Waals surface area contributed by atoms with Crippen molar-refractivity contribution in [3.63, 3.8) is 0 Å². The van der Waals surface area contributed by atoms with Crippen LogP contribution in [0.4, 0.5) is 0 Å². The number of rotatable bonds is 5. The summed E-state index contributed by atoms with van der Waals surface area (Å²) >= 11 is 0. The second kappa shape index (κ2) is 6.78. The Morgan fingerprint density at radius 2 is 1.76 bits per heavy atom. The summed E-state index contributed by atoms with van der Waals surface area (Å²) in [7, 11) is 0. The van der Waals surface area contributed by atoms with Crippen LogP contribution in [0, 0.1) is 17.8 Å². The van der Waals surface area contributed by atoms with E-state index in [9.17, 15) is 0 Å². The van der Waals surface area contributed by atoms with Gasteiger partial charge < -0.3 is 5.32 Å². The Morgan fingerprint density at radius 1 is 0.941 bits per heavy atom. The minimum atomic E-state index is 0.849. The minimum absolute atomic E-state index is 0.849. The van der Waals surface area contributed by atoms with Gasteiger partial charge in [-0.2, -0.15) is 0 Å². The lowest BCUT2D eigenvalue weighted by molar-refractivity contribution is 0.191. The summed E-state index contributed by atoms with van der Waals surface area (Å²) in [6.07, 6.45) is 13.2. The first-order valence-corrected chi connectivity index (χ1v) is 8.06. The zero-order chi connectivity index (χ0) is 12.1. The van der Waals surface area contributed by atoms with Crippen molar-refractivity contribution >= 4 is 0 Å². The van der Waals surface area contributed by atoms with E-state index in [1.54, 1.807) is 6.42 Å². The van der Waals surface area contributed by atoms with Crippen LogP contribution in [0.5, 0.6) is 0 Å². The predicted octanol–water partition coefficient (Wildman–Crippen LogP) is 4.37. The summed E-state index contributed by atoms with van der Waals surface area (Å²) in [6.45, 7) is 5.87. The molecule has 4 atom stereocenters. The van der Waals surface area contributed by atoms with Gasteiger partial charge in [0, 0.05) is 6.04 Å². The highest BCUT2D eigenvalue weighted by Gasteiger charge is 2.33. The van der Waals surface area contributed by atoms with Crippen molar-refractivity contribution in [3.05, 3.63) is 0 Å². The lowest BCUT2D eigenvalue weighted by atomic mass is 9.74. The molecule has 1 nitrogen and oxygen atoms in total. The molecule has 2 aliphatic rings. The molecule has 0 aromatic rings. The van der Waals surface area contributed by atoms with E-state index in [0.29, 0.717) is 0 Å². The van der Waals surface area contributed by atoms with Crippen molar-refractivity contribution in [2.75, 3.05) is 6.54 Å². The molecule has 0 aromatic heterocycles. The van der Waals surface area contributed by atoms with Crippen LogP contribution in [-0.4, -0.2) is 12.6 Å². The van der Waals surface area contributed by atoms with Crippen LogP contribution in [0.2, 0.25) is 0 Å². The van der Waals surface area contributed by atoms with Gasteiger partial charge in [0.1, 0.15) is 0 Å². The summed E-state index contributed by atoms with van der Waals surface area (Å²) in [5, 5.41) is 3.73. The van der Waals surface area contributed by atoms with Gasteiger partial charge in [0.05, 0.1) is 0 Å². The van der Waals surface area contributed by atoms with Crippen molar-refractivity contribution in [1.29, 1.82) is 0 Å². The predicted molar refractivity (Wildman–Crippen MR) is 75.2 cm³/mol. The molecule has 2 aliphatic carbocycles. The topological polar surface area (TPSA) is 12.0 Å². The average Bonchev–Trinajstić information content (AvgIpc) is 2.85. The lowest BCUT2D eigenvalue weighted by Crippen LogP contribution is -2.28. The summed E-state index contributed by atoms with van der Waals surface area (Å²) in [6, 6.07) is 0.849. The smallest absolute Gasteiger partial charge is 0.00699 e. The molecule has 0 aliphatic heterocycles. The van der Waals surface area contributed by atoms with Crippen LogP contribution in [0.3, 0.4) is 0 Å². The van der Waals surface area contributed by atoms with Crippen LogP contribution in [-0.2, 0) is 0 Å². The summed E-state index contributed by atoms with van der Waals surface area (Å²) < 4.78 is 0. The molecule has 0 saturated heterocycles. The number of hydrogen-bond donors (Lipinski definition) is 1. The highest BCUT2D eigenvalue weighted by Crippen LogP contribution is 2.41. The van der Waals surface area contributed by atoms with Gasteiger partial charge >= 0.3 is 0 Å². The van der Waals surface area contributed by atoms with Gasteiger partial charge in [-0.25, -0.2) is 0 Å². The van der Waals surface area contributed by atoms with E-state index in [0.717, 1.165) is 23.8 Å². The quantitative estimate of drug-likeness (QED) is 0.748. The first-order valence-electron chi connectivity index (χ1n) is 8.06. The molecule has 100 valence electrons. The second-order valence-electron chi connectivity index (χ2n) is 6.43. The maximum Gasteiger partial charge on any atom is 0.00699 e. The van der Waals surface area contributed by atoms with Gasteiger partial charge in [-0.3, -0.25) is 0 Å². The molecule has 0 amide bonds. The zero-order valence-corrected chi connectivity index (χ0v) is 11.9. The molecule has 2 saturated carbocycles. The molecule has 0 heterocycles. The van der Waals surface area contributed by atoms with E-state index in [1.165, 1.54) is 57.9 Å². The molecular weight excluding hydrogens is 206 g/mol. The molecule has 0 spiro atoms. The van der Waals surface area contributed by atoms with Crippen molar-refractivity contribution in [2.24, 2.45) is 17.8 Å². The Labute approximate surface area is 108 Å². The molecular formula is C16H31N. The van der Waals surface area contributed by atoms with Gasteiger partial charge in [0.15, 0.2) is 0 Å². The maximum absolute atomic E-state index is 3.73. The van der Waals surface area contributed by atoms with Crippen molar-refractivity contribution in [2.45, 2.75) is 77.7 Å². The SMILES string of the molecule is CCCNC1CCC(C2CCCC(CC)C2)C1. The number of nitrogens with one attached hydrogen (secondary N) is 1. The molecule has 17 heavy (non-hydrogen) atoms.